The highest BCUT2D eigenvalue weighted by Gasteiger charge is 2.43. The first-order valence-electron chi connectivity index (χ1n) is 9.17. The molecule has 4 rings (SSSR count). The number of carbonyl (C=O) groups is 1. The van der Waals surface area contributed by atoms with E-state index in [1.54, 1.807) is 17.1 Å². The molecule has 7 nitrogen and oxygen atoms in total. The topological polar surface area (TPSA) is 72.3 Å². The lowest BCUT2D eigenvalue weighted by atomic mass is 9.89. The summed E-state index contributed by atoms with van der Waals surface area (Å²) >= 11 is 0. The molecule has 1 N–H and O–H groups in total. The number of amides is 1. The molecule has 0 unspecified atom stereocenters. The minimum Gasteiger partial charge on any atom is -0.373 e. The number of likely N-dealkylation sites (tertiary alicyclic amines) is 1. The van der Waals surface area contributed by atoms with Gasteiger partial charge in [0.05, 0.1) is 17.4 Å². The van der Waals surface area contributed by atoms with E-state index in [0.717, 1.165) is 38.9 Å². The zero-order valence-electron chi connectivity index (χ0n) is 15.1. The van der Waals surface area contributed by atoms with E-state index in [9.17, 15) is 4.79 Å². The van der Waals surface area contributed by atoms with Gasteiger partial charge in [0, 0.05) is 57.9 Å². The summed E-state index contributed by atoms with van der Waals surface area (Å²) in [6.45, 7) is 3.54. The van der Waals surface area contributed by atoms with E-state index in [1.807, 2.05) is 19.4 Å². The Morgan fingerprint density at radius 2 is 2.27 bits per heavy atom. The predicted molar refractivity (Wildman–Crippen MR) is 96.5 cm³/mol. The quantitative estimate of drug-likeness (QED) is 0.897. The van der Waals surface area contributed by atoms with E-state index in [2.05, 4.69) is 32.4 Å². The number of rotatable bonds is 4. The largest absolute Gasteiger partial charge is 0.373 e. The van der Waals surface area contributed by atoms with E-state index in [0.29, 0.717) is 12.2 Å². The molecule has 7 heteroatoms. The molecule has 4 heterocycles. The fraction of sp³-hybridized carbons (Fsp3) is 0.526. The molecule has 0 aliphatic carbocycles. The molecule has 0 radical (unpaired) electrons. The summed E-state index contributed by atoms with van der Waals surface area (Å²) in [5.74, 6) is -0.0493. The van der Waals surface area contributed by atoms with E-state index < -0.39 is 0 Å². The SMILES string of the molecule is Cn1cc(C(=O)N[C@@H]2CCO[C@]3(CCN(Cc4ccncc4)C3)C2)cn1. The number of pyridine rings is 1. The van der Waals surface area contributed by atoms with Crippen LogP contribution in [0.5, 0.6) is 0 Å². The Morgan fingerprint density at radius 1 is 1.42 bits per heavy atom. The van der Waals surface area contributed by atoms with Gasteiger partial charge in [-0.15, -0.1) is 0 Å². The molecule has 2 saturated heterocycles. The minimum absolute atomic E-state index is 0.0493. The van der Waals surface area contributed by atoms with Crippen LogP contribution in [0.15, 0.2) is 36.9 Å². The molecule has 1 spiro atoms. The minimum atomic E-state index is -0.141. The second kappa shape index (κ2) is 7.17. The molecular weight excluding hydrogens is 330 g/mol. The summed E-state index contributed by atoms with van der Waals surface area (Å²) in [6.07, 6.45) is 9.76. The van der Waals surface area contributed by atoms with Gasteiger partial charge in [0.25, 0.3) is 5.91 Å². The zero-order chi connectivity index (χ0) is 18.0. The third-order valence-electron chi connectivity index (χ3n) is 5.35. The molecule has 138 valence electrons. The summed E-state index contributed by atoms with van der Waals surface area (Å²) in [5.41, 5.74) is 1.74. The van der Waals surface area contributed by atoms with Crippen LogP contribution in [0, 0.1) is 0 Å². The molecule has 2 aliphatic heterocycles. The van der Waals surface area contributed by atoms with E-state index in [1.165, 1.54) is 5.56 Å². The van der Waals surface area contributed by atoms with E-state index >= 15 is 0 Å². The summed E-state index contributed by atoms with van der Waals surface area (Å²) < 4.78 is 7.84. The van der Waals surface area contributed by atoms with Crippen molar-refractivity contribution < 1.29 is 9.53 Å². The van der Waals surface area contributed by atoms with Crippen molar-refractivity contribution in [2.24, 2.45) is 7.05 Å². The molecule has 2 atom stereocenters. The van der Waals surface area contributed by atoms with Crippen molar-refractivity contribution in [3.8, 4) is 0 Å². The van der Waals surface area contributed by atoms with Crippen LogP contribution < -0.4 is 5.32 Å². The number of aromatic nitrogens is 3. The van der Waals surface area contributed by atoms with Crippen molar-refractivity contribution in [2.75, 3.05) is 19.7 Å². The highest BCUT2D eigenvalue weighted by atomic mass is 16.5. The van der Waals surface area contributed by atoms with Crippen LogP contribution in [-0.4, -0.2) is 56.9 Å². The van der Waals surface area contributed by atoms with Gasteiger partial charge >= 0.3 is 0 Å². The lowest BCUT2D eigenvalue weighted by Crippen LogP contribution is -2.49. The monoisotopic (exact) mass is 355 g/mol. The number of nitrogens with one attached hydrogen (secondary N) is 1. The standard InChI is InChI=1S/C19H25N5O2/c1-23-13-16(11-21-23)18(25)22-17-4-9-26-19(10-17)5-8-24(14-19)12-15-2-6-20-7-3-15/h2-3,6-7,11,13,17H,4-5,8-10,12,14H2,1H3,(H,22,25)/t17-,19-/m1/s1. The van der Waals surface area contributed by atoms with Gasteiger partial charge in [0.1, 0.15) is 0 Å². The summed E-state index contributed by atoms with van der Waals surface area (Å²) in [5, 5.41) is 7.24. The Bertz CT molecular complexity index is 762. The molecule has 2 aromatic rings. The predicted octanol–water partition coefficient (Wildman–Crippen LogP) is 1.37. The molecule has 0 bridgehead atoms. The third-order valence-corrected chi connectivity index (χ3v) is 5.35. The number of carbonyl (C=O) groups excluding carboxylic acids is 1. The average molecular weight is 355 g/mol. The van der Waals surface area contributed by atoms with Crippen molar-refractivity contribution in [1.29, 1.82) is 0 Å². The number of hydrogen-bond acceptors (Lipinski definition) is 5. The first kappa shape index (κ1) is 17.2. The molecule has 2 fully saturated rings. The van der Waals surface area contributed by atoms with Crippen LogP contribution in [0.1, 0.15) is 35.2 Å². The molecule has 2 aliphatic rings. The number of nitrogens with zero attached hydrogens (tertiary/aromatic N) is 4. The Kier molecular flexibility index (Phi) is 4.74. The maximum absolute atomic E-state index is 12.4. The highest BCUT2D eigenvalue weighted by Crippen LogP contribution is 2.35. The third kappa shape index (κ3) is 3.78. The Labute approximate surface area is 153 Å². The lowest BCUT2D eigenvalue weighted by Gasteiger charge is -2.38. The van der Waals surface area contributed by atoms with Crippen molar-refractivity contribution in [3.05, 3.63) is 48.0 Å². The fourth-order valence-electron chi connectivity index (χ4n) is 4.05. The van der Waals surface area contributed by atoms with Crippen molar-refractivity contribution in [1.82, 2.24) is 25.0 Å². The fourth-order valence-corrected chi connectivity index (χ4v) is 4.05. The van der Waals surface area contributed by atoms with Gasteiger partial charge in [-0.1, -0.05) is 0 Å². The van der Waals surface area contributed by atoms with Crippen LogP contribution in [-0.2, 0) is 18.3 Å². The van der Waals surface area contributed by atoms with Gasteiger partial charge in [-0.2, -0.15) is 5.10 Å². The summed E-state index contributed by atoms with van der Waals surface area (Å²) in [4.78, 5) is 18.9. The zero-order valence-corrected chi connectivity index (χ0v) is 15.1. The average Bonchev–Trinajstić information content (AvgIpc) is 3.23. The smallest absolute Gasteiger partial charge is 0.254 e. The van der Waals surface area contributed by atoms with Gasteiger partial charge in [-0.25, -0.2) is 0 Å². The molecule has 1 amide bonds. The van der Waals surface area contributed by atoms with Crippen LogP contribution >= 0.6 is 0 Å². The van der Waals surface area contributed by atoms with Crippen molar-refractivity contribution >= 4 is 5.91 Å². The normalized spacial score (nSPS) is 26.3. The van der Waals surface area contributed by atoms with Gasteiger partial charge in [0.2, 0.25) is 0 Å². The number of hydrogen-bond donors (Lipinski definition) is 1. The lowest BCUT2D eigenvalue weighted by molar-refractivity contribution is -0.0793. The van der Waals surface area contributed by atoms with Crippen LogP contribution in [0.2, 0.25) is 0 Å². The number of ether oxygens (including phenoxy) is 1. The first-order chi connectivity index (χ1) is 12.6. The van der Waals surface area contributed by atoms with Gasteiger partial charge < -0.3 is 10.1 Å². The van der Waals surface area contributed by atoms with E-state index in [4.69, 9.17) is 4.74 Å². The number of aryl methyl sites for hydroxylation is 1. The second-order valence-electron chi connectivity index (χ2n) is 7.41. The molecule has 0 aromatic carbocycles. The second-order valence-corrected chi connectivity index (χ2v) is 7.41. The maximum atomic E-state index is 12.4. The van der Waals surface area contributed by atoms with Crippen LogP contribution in [0.4, 0.5) is 0 Å². The van der Waals surface area contributed by atoms with Gasteiger partial charge in [-0.3, -0.25) is 19.4 Å². The molecular formula is C19H25N5O2. The Hall–Kier alpha value is -2.25. The van der Waals surface area contributed by atoms with Gasteiger partial charge in [-0.05, 0) is 37.0 Å². The summed E-state index contributed by atoms with van der Waals surface area (Å²) in [7, 11) is 1.82. The van der Waals surface area contributed by atoms with Gasteiger partial charge in [0.15, 0.2) is 0 Å². The van der Waals surface area contributed by atoms with E-state index in [-0.39, 0.29) is 17.6 Å². The van der Waals surface area contributed by atoms with Crippen molar-refractivity contribution in [2.45, 2.75) is 37.5 Å². The first-order valence-corrected chi connectivity index (χ1v) is 9.17. The molecule has 2 aromatic heterocycles. The van der Waals surface area contributed by atoms with Crippen molar-refractivity contribution in [3.63, 3.8) is 0 Å². The highest BCUT2D eigenvalue weighted by molar-refractivity contribution is 5.93. The Balaban J connectivity index is 1.35. The Morgan fingerprint density at radius 3 is 3.04 bits per heavy atom. The maximum Gasteiger partial charge on any atom is 0.254 e. The van der Waals surface area contributed by atoms with Crippen LogP contribution in [0.25, 0.3) is 0 Å². The molecule has 0 saturated carbocycles. The molecule has 26 heavy (non-hydrogen) atoms. The summed E-state index contributed by atoms with van der Waals surface area (Å²) in [6, 6.07) is 4.27. The van der Waals surface area contributed by atoms with Crippen LogP contribution in [0.3, 0.4) is 0 Å².